The highest BCUT2D eigenvalue weighted by molar-refractivity contribution is 7.86. The van der Waals surface area contributed by atoms with Crippen LogP contribution in [0.15, 0.2) is 24.3 Å². The lowest BCUT2D eigenvalue weighted by atomic mass is 9.95. The highest BCUT2D eigenvalue weighted by Gasteiger charge is 2.24. The highest BCUT2D eigenvalue weighted by atomic mass is 32.2. The molecule has 0 bridgehead atoms. The number of nitrogens with zero attached hydrogens (tertiary/aromatic N) is 3. The van der Waals surface area contributed by atoms with Crippen LogP contribution in [0.25, 0.3) is 11.0 Å². The molecule has 2 aromatic rings. The van der Waals surface area contributed by atoms with Crippen LogP contribution < -0.4 is 5.73 Å². The number of hydrogen-bond acceptors (Lipinski definition) is 7. The highest BCUT2D eigenvalue weighted by Crippen LogP contribution is 2.29. The fourth-order valence-corrected chi connectivity index (χ4v) is 3.76. The van der Waals surface area contributed by atoms with Crippen LogP contribution in [-0.2, 0) is 22.0 Å². The first-order valence-corrected chi connectivity index (χ1v) is 10.7. The van der Waals surface area contributed by atoms with Crippen molar-refractivity contribution in [2.75, 3.05) is 25.4 Å². The Morgan fingerprint density at radius 2 is 1.96 bits per heavy atom. The first kappa shape index (κ1) is 22.3. The number of nitrogens with two attached hydrogens (primary N) is 1. The van der Waals surface area contributed by atoms with Crippen molar-refractivity contribution in [1.29, 1.82) is 0 Å². The fourth-order valence-electron chi connectivity index (χ4n) is 3.46. The third-order valence-electron chi connectivity index (χ3n) is 4.62. The van der Waals surface area contributed by atoms with E-state index in [0.29, 0.717) is 5.92 Å². The second-order valence-corrected chi connectivity index (χ2v) is 8.57. The molecule has 0 aliphatic carbocycles. The van der Waals surface area contributed by atoms with Gasteiger partial charge >= 0.3 is 5.97 Å². The zero-order valence-electron chi connectivity index (χ0n) is 16.1. The standard InChI is InChI=1S/C16H24N4.C2H4O5S/c1-12(17)11-20-9-7-13(8-10-20)16-18-14-5-3-4-6-15(14)19(16)2;3-2(4)1-8(5,6)7/h3-6,12-13H,7-11,17H2,1-2H3;1H2,(H,3,4)(H,5,6,7)/p-1/t12-;/m0./s1. The van der Waals surface area contributed by atoms with E-state index < -0.39 is 21.8 Å². The second kappa shape index (κ2) is 9.46. The molecule has 1 atom stereocenters. The first-order chi connectivity index (χ1) is 13.1. The van der Waals surface area contributed by atoms with Gasteiger partial charge in [0, 0.05) is 25.6 Å². The quantitative estimate of drug-likeness (QED) is 0.685. The zero-order valence-corrected chi connectivity index (χ0v) is 16.9. The number of aromatic nitrogens is 2. The molecule has 1 aliphatic heterocycles. The number of piperidine rings is 1. The van der Waals surface area contributed by atoms with Gasteiger partial charge in [0.15, 0.2) is 0 Å². The van der Waals surface area contributed by atoms with Gasteiger partial charge in [0.25, 0.3) is 0 Å². The van der Waals surface area contributed by atoms with Crippen LogP contribution in [0, 0.1) is 0 Å². The summed E-state index contributed by atoms with van der Waals surface area (Å²) < 4.78 is 30.8. The molecule has 1 aromatic carbocycles. The van der Waals surface area contributed by atoms with Crippen molar-refractivity contribution < 1.29 is 22.9 Å². The number of imidazole rings is 1. The van der Waals surface area contributed by atoms with Gasteiger partial charge in [-0.1, -0.05) is 12.1 Å². The van der Waals surface area contributed by atoms with Gasteiger partial charge in [-0.2, -0.15) is 0 Å². The third-order valence-corrected chi connectivity index (χ3v) is 5.22. The Kier molecular flexibility index (Phi) is 7.53. The predicted octanol–water partition coefficient (Wildman–Crippen LogP) is 0.716. The van der Waals surface area contributed by atoms with Gasteiger partial charge in [-0.15, -0.1) is 0 Å². The molecule has 3 rings (SSSR count). The second-order valence-electron chi connectivity index (χ2n) is 7.17. The summed E-state index contributed by atoms with van der Waals surface area (Å²) in [5.74, 6) is -1.14. The molecule has 0 radical (unpaired) electrons. The number of fused-ring (bicyclic) bond motifs is 1. The molecule has 156 valence electrons. The summed E-state index contributed by atoms with van der Waals surface area (Å²) in [4.78, 5) is 16.8. The number of carbonyl (C=O) groups is 1. The van der Waals surface area contributed by atoms with Crippen LogP contribution in [0.4, 0.5) is 0 Å². The maximum Gasteiger partial charge on any atom is 0.317 e. The SMILES string of the molecule is C[C@H](N)CN1CCC(c2nc3ccccc3n2C)CC1.O=C(O)CS(=O)(=O)[O-]. The van der Waals surface area contributed by atoms with E-state index in [1.807, 2.05) is 0 Å². The molecule has 1 aromatic heterocycles. The number of aryl methyl sites for hydroxylation is 1. The normalized spacial score (nSPS) is 17.1. The van der Waals surface area contributed by atoms with Crippen LogP contribution in [0.5, 0.6) is 0 Å². The number of carboxylic acids is 1. The van der Waals surface area contributed by atoms with Gasteiger partial charge in [-0.25, -0.2) is 13.4 Å². The van der Waals surface area contributed by atoms with Crippen molar-refractivity contribution in [2.24, 2.45) is 12.8 Å². The van der Waals surface area contributed by atoms with E-state index in [-0.39, 0.29) is 6.04 Å². The predicted molar refractivity (Wildman–Crippen MR) is 105 cm³/mol. The largest absolute Gasteiger partial charge is 0.748 e. The first-order valence-electron chi connectivity index (χ1n) is 9.11. The van der Waals surface area contributed by atoms with Crippen LogP contribution in [0.3, 0.4) is 0 Å². The maximum absolute atomic E-state index is 9.51. The van der Waals surface area contributed by atoms with Gasteiger partial charge in [-0.05, 0) is 45.0 Å². The van der Waals surface area contributed by atoms with Crippen LogP contribution in [0.2, 0.25) is 0 Å². The van der Waals surface area contributed by atoms with E-state index in [0.717, 1.165) is 25.2 Å². The van der Waals surface area contributed by atoms with Crippen molar-refractivity contribution in [3.63, 3.8) is 0 Å². The van der Waals surface area contributed by atoms with Gasteiger partial charge in [0.1, 0.15) is 21.7 Å². The molecular weight excluding hydrogens is 384 g/mol. The molecule has 0 spiro atoms. The lowest BCUT2D eigenvalue weighted by Gasteiger charge is -2.32. The molecule has 0 saturated carbocycles. The van der Waals surface area contributed by atoms with Gasteiger partial charge in [0.2, 0.25) is 0 Å². The third kappa shape index (κ3) is 6.55. The molecule has 9 nitrogen and oxygen atoms in total. The van der Waals surface area contributed by atoms with E-state index in [4.69, 9.17) is 15.8 Å². The fraction of sp³-hybridized carbons (Fsp3) is 0.556. The van der Waals surface area contributed by atoms with Gasteiger partial charge in [-0.3, -0.25) is 4.79 Å². The number of carboxylic acid groups (broad SMARTS) is 1. The Morgan fingerprint density at radius 3 is 2.43 bits per heavy atom. The number of hydrogen-bond donors (Lipinski definition) is 2. The maximum atomic E-state index is 9.51. The van der Waals surface area contributed by atoms with E-state index in [1.165, 1.54) is 24.2 Å². The minimum Gasteiger partial charge on any atom is -0.748 e. The summed E-state index contributed by atoms with van der Waals surface area (Å²) in [6, 6.07) is 8.66. The average molecular weight is 412 g/mol. The number of rotatable bonds is 5. The summed E-state index contributed by atoms with van der Waals surface area (Å²) in [7, 11) is -2.44. The Labute approximate surface area is 164 Å². The van der Waals surface area contributed by atoms with Crippen molar-refractivity contribution in [3.8, 4) is 0 Å². The number of benzene rings is 1. The van der Waals surface area contributed by atoms with Crippen LogP contribution in [0.1, 0.15) is 31.5 Å². The lowest BCUT2D eigenvalue weighted by Crippen LogP contribution is -2.40. The Balaban J connectivity index is 0.000000300. The summed E-state index contributed by atoms with van der Waals surface area (Å²) >= 11 is 0. The van der Waals surface area contributed by atoms with E-state index in [9.17, 15) is 17.8 Å². The van der Waals surface area contributed by atoms with E-state index in [2.05, 4.69) is 47.7 Å². The van der Waals surface area contributed by atoms with Gasteiger partial charge < -0.3 is 24.9 Å². The minimum atomic E-state index is -4.57. The van der Waals surface area contributed by atoms with Crippen molar-refractivity contribution in [1.82, 2.24) is 14.5 Å². The van der Waals surface area contributed by atoms with Crippen LogP contribution >= 0.6 is 0 Å². The minimum absolute atomic E-state index is 0.266. The Hall–Kier alpha value is -2.01. The van der Waals surface area contributed by atoms with E-state index >= 15 is 0 Å². The van der Waals surface area contributed by atoms with E-state index in [1.54, 1.807) is 0 Å². The van der Waals surface area contributed by atoms with Crippen molar-refractivity contribution in [3.05, 3.63) is 30.1 Å². The molecule has 1 aliphatic rings. The summed E-state index contributed by atoms with van der Waals surface area (Å²) in [6.45, 7) is 5.36. The molecular formula is C18H27N4O5S-. The van der Waals surface area contributed by atoms with Crippen LogP contribution in [-0.4, -0.2) is 69.9 Å². The van der Waals surface area contributed by atoms with Gasteiger partial charge in [0.05, 0.1) is 11.0 Å². The Bertz CT molecular complexity index is 902. The summed E-state index contributed by atoms with van der Waals surface area (Å²) in [5.41, 5.74) is 8.24. The van der Waals surface area contributed by atoms with Crippen molar-refractivity contribution in [2.45, 2.75) is 31.7 Å². The smallest absolute Gasteiger partial charge is 0.317 e. The number of para-hydroxylation sites is 2. The molecule has 0 amide bonds. The number of aliphatic carboxylic acids is 1. The topological polar surface area (TPSA) is 142 Å². The molecule has 1 saturated heterocycles. The molecule has 3 N–H and O–H groups in total. The summed E-state index contributed by atoms with van der Waals surface area (Å²) in [5, 5.41) is 7.67. The monoisotopic (exact) mass is 411 g/mol. The molecule has 2 heterocycles. The summed E-state index contributed by atoms with van der Waals surface area (Å²) in [6.07, 6.45) is 2.37. The van der Waals surface area contributed by atoms with Crippen molar-refractivity contribution >= 4 is 27.1 Å². The molecule has 10 heteroatoms. The molecule has 0 unspecified atom stereocenters. The lowest BCUT2D eigenvalue weighted by molar-refractivity contribution is -0.134. The average Bonchev–Trinajstić information content (AvgIpc) is 2.91. The number of likely N-dealkylation sites (tertiary alicyclic amines) is 1. The molecule has 28 heavy (non-hydrogen) atoms. The molecule has 1 fully saturated rings. The Morgan fingerprint density at radius 1 is 1.36 bits per heavy atom. The zero-order chi connectivity index (χ0) is 20.9.